The van der Waals surface area contributed by atoms with Crippen LogP contribution in [-0.4, -0.2) is 110 Å². The molecule has 12 nitrogen and oxygen atoms in total. The lowest BCUT2D eigenvalue weighted by atomic mass is 10.0. The van der Waals surface area contributed by atoms with Crippen LogP contribution >= 0.6 is 0 Å². The van der Waals surface area contributed by atoms with E-state index in [9.17, 15) is 18.4 Å². The Bertz CT molecular complexity index is 943. The quantitative estimate of drug-likeness (QED) is 0.312. The molecule has 35 heavy (non-hydrogen) atoms. The molecule has 192 valence electrons. The number of hydrazine groups is 1. The van der Waals surface area contributed by atoms with Crippen LogP contribution in [0.2, 0.25) is 0 Å². The number of piperazine rings is 1. The van der Waals surface area contributed by atoms with Gasteiger partial charge in [-0.1, -0.05) is 0 Å². The second-order valence-corrected chi connectivity index (χ2v) is 9.17. The highest BCUT2D eigenvalue weighted by Crippen LogP contribution is 2.31. The van der Waals surface area contributed by atoms with Crippen molar-refractivity contribution in [2.24, 2.45) is 11.7 Å². The number of nitrogens with two attached hydrogens (primary N) is 1. The topological polar surface area (TPSA) is 140 Å². The van der Waals surface area contributed by atoms with Gasteiger partial charge in [-0.15, -0.1) is 0 Å². The van der Waals surface area contributed by atoms with Gasteiger partial charge in [0.15, 0.2) is 5.82 Å². The number of morpholine rings is 1. The SMILES string of the molecule is NC1NN2CC(F)CNC2C1C(=O)Nc1cncc(F)c1N1CCN(C(=O)C2CNCCO2)CC1. The lowest BCUT2D eigenvalue weighted by Gasteiger charge is -2.38. The van der Waals surface area contributed by atoms with E-state index in [4.69, 9.17) is 10.5 Å². The molecule has 14 heteroatoms. The first-order chi connectivity index (χ1) is 16.9. The number of aromatic nitrogens is 1. The number of nitrogens with one attached hydrogen (secondary N) is 4. The van der Waals surface area contributed by atoms with Gasteiger partial charge in [0, 0.05) is 52.4 Å². The van der Waals surface area contributed by atoms with Gasteiger partial charge >= 0.3 is 0 Å². The molecule has 5 atom stereocenters. The van der Waals surface area contributed by atoms with Crippen molar-refractivity contribution < 1.29 is 23.1 Å². The number of pyridine rings is 1. The molecule has 1 aromatic rings. The second-order valence-electron chi connectivity index (χ2n) is 9.17. The summed E-state index contributed by atoms with van der Waals surface area (Å²) in [5.74, 6) is -1.80. The predicted octanol–water partition coefficient (Wildman–Crippen LogP) is -2.22. The first kappa shape index (κ1) is 24.2. The third kappa shape index (κ3) is 4.94. The van der Waals surface area contributed by atoms with Crippen molar-refractivity contribution in [3.05, 3.63) is 18.2 Å². The van der Waals surface area contributed by atoms with Crippen LogP contribution in [0, 0.1) is 11.7 Å². The average Bonchev–Trinajstić information content (AvgIpc) is 3.19. The largest absolute Gasteiger partial charge is 0.366 e. The number of amides is 2. The van der Waals surface area contributed by atoms with Gasteiger partial charge in [-0.25, -0.2) is 19.2 Å². The number of fused-ring (bicyclic) bond motifs is 1. The zero-order chi connectivity index (χ0) is 24.5. The van der Waals surface area contributed by atoms with E-state index in [2.05, 4.69) is 26.4 Å². The molecule has 1 aromatic heterocycles. The lowest BCUT2D eigenvalue weighted by Crippen LogP contribution is -2.58. The monoisotopic (exact) mass is 495 g/mol. The van der Waals surface area contributed by atoms with E-state index in [1.807, 2.05) is 0 Å². The molecular weight excluding hydrogens is 464 g/mol. The molecule has 4 aliphatic heterocycles. The van der Waals surface area contributed by atoms with E-state index < -0.39 is 42.2 Å². The Morgan fingerprint density at radius 3 is 2.74 bits per heavy atom. The number of hydrogen-bond donors (Lipinski definition) is 5. The minimum absolute atomic E-state index is 0.0802. The van der Waals surface area contributed by atoms with Gasteiger partial charge in [0.05, 0.1) is 42.9 Å². The molecule has 4 fully saturated rings. The highest BCUT2D eigenvalue weighted by Gasteiger charge is 2.47. The minimum Gasteiger partial charge on any atom is -0.366 e. The van der Waals surface area contributed by atoms with E-state index in [0.717, 1.165) is 12.7 Å². The number of rotatable bonds is 4. The molecule has 0 radical (unpaired) electrons. The van der Waals surface area contributed by atoms with E-state index in [1.165, 1.54) is 6.20 Å². The summed E-state index contributed by atoms with van der Waals surface area (Å²) in [5.41, 5.74) is 9.49. The molecule has 0 aliphatic carbocycles. The number of ether oxygens (including phenoxy) is 1. The molecule has 4 aliphatic rings. The summed E-state index contributed by atoms with van der Waals surface area (Å²) in [6, 6.07) is 0. The third-order valence-corrected chi connectivity index (χ3v) is 6.87. The molecule has 0 spiro atoms. The number of halogens is 2. The van der Waals surface area contributed by atoms with Gasteiger partial charge in [-0.05, 0) is 0 Å². The smallest absolute Gasteiger partial charge is 0.253 e. The van der Waals surface area contributed by atoms with Gasteiger partial charge in [0.2, 0.25) is 5.91 Å². The van der Waals surface area contributed by atoms with Crippen molar-refractivity contribution in [3.63, 3.8) is 0 Å². The van der Waals surface area contributed by atoms with Crippen molar-refractivity contribution in [1.82, 2.24) is 31.0 Å². The first-order valence-electron chi connectivity index (χ1n) is 11.9. The summed E-state index contributed by atoms with van der Waals surface area (Å²) in [5, 5.41) is 10.5. The standard InChI is InChI=1S/C21H31F2N9O3/c22-12-7-27-19-16(18(24)29-32(19)11-12)20(33)28-14-9-26-8-13(23)17(14)30-2-4-31(5-3-30)21(34)15-10-25-1-6-35-15/h8-9,12,15-16,18-19,25,27,29H,1-7,10-11,24H2,(H,28,33). The van der Waals surface area contributed by atoms with Crippen LogP contribution in [0.1, 0.15) is 0 Å². The van der Waals surface area contributed by atoms with Crippen LogP contribution in [0.25, 0.3) is 0 Å². The van der Waals surface area contributed by atoms with Crippen LogP contribution in [0.4, 0.5) is 20.2 Å². The van der Waals surface area contributed by atoms with Crippen LogP contribution in [0.15, 0.2) is 12.4 Å². The number of carbonyl (C=O) groups excluding carboxylic acids is 2. The number of anilines is 2. The zero-order valence-corrected chi connectivity index (χ0v) is 19.3. The Morgan fingerprint density at radius 2 is 2.00 bits per heavy atom. The molecule has 0 saturated carbocycles. The molecule has 2 amide bonds. The van der Waals surface area contributed by atoms with Crippen molar-refractivity contribution >= 4 is 23.2 Å². The first-order valence-corrected chi connectivity index (χ1v) is 11.9. The van der Waals surface area contributed by atoms with Crippen LogP contribution in [0.3, 0.4) is 0 Å². The van der Waals surface area contributed by atoms with Crippen molar-refractivity contribution in [3.8, 4) is 0 Å². The van der Waals surface area contributed by atoms with E-state index in [1.54, 1.807) is 14.8 Å². The maximum Gasteiger partial charge on any atom is 0.253 e. The van der Waals surface area contributed by atoms with Crippen LogP contribution < -0.4 is 32.0 Å². The molecule has 5 rings (SSSR count). The summed E-state index contributed by atoms with van der Waals surface area (Å²) in [4.78, 5) is 33.3. The second kappa shape index (κ2) is 10.2. The molecule has 0 aromatic carbocycles. The van der Waals surface area contributed by atoms with Crippen molar-refractivity contribution in [1.29, 1.82) is 0 Å². The molecular formula is C21H31F2N9O3. The normalized spacial score (nSPS) is 31.8. The molecule has 6 N–H and O–H groups in total. The fourth-order valence-electron chi connectivity index (χ4n) is 5.11. The van der Waals surface area contributed by atoms with Gasteiger partial charge in [0.25, 0.3) is 5.91 Å². The maximum absolute atomic E-state index is 14.9. The number of nitrogens with zero attached hydrogens (tertiary/aromatic N) is 4. The summed E-state index contributed by atoms with van der Waals surface area (Å²) >= 11 is 0. The number of alkyl halides is 1. The third-order valence-electron chi connectivity index (χ3n) is 6.87. The fraction of sp³-hybridized carbons (Fsp3) is 0.667. The van der Waals surface area contributed by atoms with Gasteiger partial charge in [-0.2, -0.15) is 0 Å². The average molecular weight is 496 g/mol. The van der Waals surface area contributed by atoms with Gasteiger partial charge < -0.3 is 30.9 Å². The van der Waals surface area contributed by atoms with Crippen molar-refractivity contribution in [2.75, 3.05) is 69.2 Å². The summed E-state index contributed by atoms with van der Waals surface area (Å²) < 4.78 is 34.2. The van der Waals surface area contributed by atoms with Crippen LogP contribution in [-0.2, 0) is 14.3 Å². The maximum atomic E-state index is 14.9. The van der Waals surface area contributed by atoms with E-state index >= 15 is 0 Å². The zero-order valence-electron chi connectivity index (χ0n) is 19.3. The van der Waals surface area contributed by atoms with E-state index in [0.29, 0.717) is 39.3 Å². The minimum atomic E-state index is -1.07. The fourth-order valence-corrected chi connectivity index (χ4v) is 5.11. The Balaban J connectivity index is 1.26. The molecule has 5 heterocycles. The molecule has 5 unspecified atom stereocenters. The Morgan fingerprint density at radius 1 is 1.20 bits per heavy atom. The lowest BCUT2D eigenvalue weighted by molar-refractivity contribution is -0.145. The summed E-state index contributed by atoms with van der Waals surface area (Å²) in [6.45, 7) is 3.50. The van der Waals surface area contributed by atoms with E-state index in [-0.39, 0.29) is 30.4 Å². The Kier molecular flexibility index (Phi) is 7.09. The summed E-state index contributed by atoms with van der Waals surface area (Å²) in [6.07, 6.45) is -0.293. The van der Waals surface area contributed by atoms with Crippen LogP contribution in [0.5, 0.6) is 0 Å². The number of hydrogen-bond acceptors (Lipinski definition) is 10. The van der Waals surface area contributed by atoms with Crippen molar-refractivity contribution in [2.45, 2.75) is 24.6 Å². The summed E-state index contributed by atoms with van der Waals surface area (Å²) in [7, 11) is 0. The Labute approximate surface area is 201 Å². The molecule has 4 saturated heterocycles. The predicted molar refractivity (Wildman–Crippen MR) is 122 cm³/mol. The number of carbonyl (C=O) groups is 2. The highest BCUT2D eigenvalue weighted by molar-refractivity contribution is 5.96. The van der Waals surface area contributed by atoms with Gasteiger partial charge in [-0.3, -0.25) is 19.9 Å². The molecule has 0 bridgehead atoms. The highest BCUT2D eigenvalue weighted by atomic mass is 19.1. The van der Waals surface area contributed by atoms with Gasteiger partial charge in [0.1, 0.15) is 18.0 Å². The Hall–Kier alpha value is -2.49.